The Morgan fingerprint density at radius 3 is 2.21 bits per heavy atom. The number of rotatable bonds is 6. The van der Waals surface area contributed by atoms with E-state index in [0.717, 1.165) is 17.7 Å². The van der Waals surface area contributed by atoms with Gasteiger partial charge in [-0.05, 0) is 43.4 Å². The molecule has 0 saturated carbocycles. The van der Waals surface area contributed by atoms with Crippen molar-refractivity contribution in [1.82, 2.24) is 4.72 Å². The van der Waals surface area contributed by atoms with E-state index in [1.807, 2.05) is 0 Å². The Bertz CT molecular complexity index is 954. The molecular formula is C18H20BF4NO3S. The number of halogens is 4. The zero-order valence-corrected chi connectivity index (χ0v) is 16.6. The summed E-state index contributed by atoms with van der Waals surface area (Å²) in [4.78, 5) is -0.200. The van der Waals surface area contributed by atoms with Crippen molar-refractivity contribution >= 4 is 23.3 Å². The van der Waals surface area contributed by atoms with Crippen LogP contribution in [0.2, 0.25) is 0 Å². The summed E-state index contributed by atoms with van der Waals surface area (Å²) in [6.07, 6.45) is -4.90. The molecule has 0 spiro atoms. The molecule has 10 heteroatoms. The summed E-state index contributed by atoms with van der Waals surface area (Å²) >= 11 is 0. The van der Waals surface area contributed by atoms with Gasteiger partial charge < -0.3 is 4.74 Å². The monoisotopic (exact) mass is 417 g/mol. The minimum Gasteiger partial charge on any atom is -0.492 e. The molecule has 2 aromatic rings. The molecule has 28 heavy (non-hydrogen) atoms. The lowest BCUT2D eigenvalue weighted by atomic mass is 9.95. The Balaban J connectivity index is 2.31. The first-order chi connectivity index (χ1) is 12.8. The first kappa shape index (κ1) is 22.2. The average molecular weight is 417 g/mol. The van der Waals surface area contributed by atoms with E-state index in [1.165, 1.54) is 19.9 Å². The second kappa shape index (κ2) is 8.12. The van der Waals surface area contributed by atoms with Gasteiger partial charge in [-0.25, -0.2) is 12.8 Å². The van der Waals surface area contributed by atoms with Gasteiger partial charge in [0, 0.05) is 6.07 Å². The maximum Gasteiger partial charge on any atom is 0.408 e. The van der Waals surface area contributed by atoms with Gasteiger partial charge in [0.2, 0.25) is 10.0 Å². The summed E-state index contributed by atoms with van der Waals surface area (Å²) in [5.41, 5.74) is 1.90. The number of ether oxygens (including phenoxy) is 1. The van der Waals surface area contributed by atoms with Crippen LogP contribution in [0.5, 0.6) is 5.75 Å². The standard InChI is InChI=1S/C18H20BF4NO3S/c1-10-6-11(2)17(12(3)7-10)28(25,26)24-16(18(21,22)23)9-27-15-8-13(20)4-5-14(15)19/h4-8,16,24H,9,19H2,1-3H3. The summed E-state index contributed by atoms with van der Waals surface area (Å²) in [5, 5.41) is 0. The molecule has 1 unspecified atom stereocenters. The van der Waals surface area contributed by atoms with Crippen molar-refractivity contribution in [2.24, 2.45) is 0 Å². The highest BCUT2D eigenvalue weighted by Crippen LogP contribution is 2.26. The molecule has 0 saturated heterocycles. The van der Waals surface area contributed by atoms with E-state index in [-0.39, 0.29) is 10.6 Å². The van der Waals surface area contributed by atoms with Gasteiger partial charge in [-0.1, -0.05) is 23.8 Å². The SMILES string of the molecule is Bc1ccc(F)cc1OCC(NS(=O)(=O)c1c(C)cc(C)cc1C)C(F)(F)F. The van der Waals surface area contributed by atoms with Crippen LogP contribution in [0.15, 0.2) is 35.2 Å². The molecule has 0 heterocycles. The zero-order valence-electron chi connectivity index (χ0n) is 15.8. The first-order valence-corrected chi connectivity index (χ1v) is 9.85. The molecule has 0 amide bonds. The van der Waals surface area contributed by atoms with Crippen molar-refractivity contribution in [2.75, 3.05) is 6.61 Å². The van der Waals surface area contributed by atoms with Gasteiger partial charge in [0.1, 0.15) is 26.0 Å². The predicted octanol–water partition coefficient (Wildman–Crippen LogP) is 2.30. The summed E-state index contributed by atoms with van der Waals surface area (Å²) in [6.45, 7) is 3.77. The van der Waals surface area contributed by atoms with Crippen LogP contribution in [0.3, 0.4) is 0 Å². The third-order valence-corrected chi connectivity index (χ3v) is 5.90. The van der Waals surface area contributed by atoms with Crippen molar-refractivity contribution in [3.05, 3.63) is 52.8 Å². The van der Waals surface area contributed by atoms with Gasteiger partial charge in [0.15, 0.2) is 6.04 Å². The van der Waals surface area contributed by atoms with E-state index < -0.39 is 34.7 Å². The molecule has 0 aliphatic rings. The third-order valence-electron chi connectivity index (χ3n) is 4.12. The Labute approximate surface area is 162 Å². The fraction of sp³-hybridized carbons (Fsp3) is 0.333. The van der Waals surface area contributed by atoms with E-state index >= 15 is 0 Å². The Morgan fingerprint density at radius 2 is 1.68 bits per heavy atom. The van der Waals surface area contributed by atoms with Gasteiger partial charge in [0.05, 0.1) is 4.90 Å². The fourth-order valence-corrected chi connectivity index (χ4v) is 4.59. The Hall–Kier alpha value is -2.07. The lowest BCUT2D eigenvalue weighted by Gasteiger charge is -2.23. The van der Waals surface area contributed by atoms with Crippen molar-refractivity contribution in [3.63, 3.8) is 0 Å². The van der Waals surface area contributed by atoms with Gasteiger partial charge in [-0.15, -0.1) is 0 Å². The average Bonchev–Trinajstić information content (AvgIpc) is 2.51. The van der Waals surface area contributed by atoms with Crippen LogP contribution in [0.4, 0.5) is 17.6 Å². The van der Waals surface area contributed by atoms with E-state index in [0.29, 0.717) is 16.6 Å². The number of aryl methyl sites for hydroxylation is 3. The Kier molecular flexibility index (Phi) is 6.45. The number of sulfonamides is 1. The lowest BCUT2D eigenvalue weighted by molar-refractivity contribution is -0.157. The summed E-state index contributed by atoms with van der Waals surface area (Å²) in [5.74, 6) is -0.758. The van der Waals surface area contributed by atoms with Gasteiger partial charge in [-0.3, -0.25) is 0 Å². The molecule has 152 valence electrons. The van der Waals surface area contributed by atoms with Crippen molar-refractivity contribution in [3.8, 4) is 5.75 Å². The van der Waals surface area contributed by atoms with Crippen LogP contribution in [0.1, 0.15) is 16.7 Å². The number of hydrogen-bond acceptors (Lipinski definition) is 3. The minimum atomic E-state index is -4.90. The van der Waals surface area contributed by atoms with E-state index in [2.05, 4.69) is 0 Å². The maximum absolute atomic E-state index is 13.4. The van der Waals surface area contributed by atoms with Crippen molar-refractivity contribution in [2.45, 2.75) is 37.9 Å². The highest BCUT2D eigenvalue weighted by molar-refractivity contribution is 7.89. The van der Waals surface area contributed by atoms with Crippen LogP contribution in [0, 0.1) is 26.6 Å². The molecular weight excluding hydrogens is 397 g/mol. The first-order valence-electron chi connectivity index (χ1n) is 8.37. The molecule has 2 aromatic carbocycles. The van der Waals surface area contributed by atoms with Crippen LogP contribution < -0.4 is 14.9 Å². The molecule has 0 aliphatic heterocycles. The summed E-state index contributed by atoms with van der Waals surface area (Å²) in [7, 11) is -2.93. The van der Waals surface area contributed by atoms with Gasteiger partial charge >= 0.3 is 6.18 Å². The second-order valence-electron chi connectivity index (χ2n) is 6.66. The van der Waals surface area contributed by atoms with Crippen LogP contribution in [-0.2, 0) is 10.0 Å². The maximum atomic E-state index is 13.4. The molecule has 0 bridgehead atoms. The molecule has 0 fully saturated rings. The highest BCUT2D eigenvalue weighted by atomic mass is 32.2. The summed E-state index contributed by atoms with van der Waals surface area (Å²) < 4.78 is 85.7. The molecule has 1 N–H and O–H groups in total. The second-order valence-corrected chi connectivity index (χ2v) is 8.31. The topological polar surface area (TPSA) is 55.4 Å². The van der Waals surface area contributed by atoms with Crippen molar-refractivity contribution in [1.29, 1.82) is 0 Å². The fourth-order valence-electron chi connectivity index (χ4n) is 2.93. The zero-order chi connectivity index (χ0) is 21.3. The largest absolute Gasteiger partial charge is 0.492 e. The lowest BCUT2D eigenvalue weighted by Crippen LogP contribution is -2.49. The molecule has 0 aliphatic carbocycles. The van der Waals surface area contributed by atoms with Crippen molar-refractivity contribution < 1.29 is 30.7 Å². The normalized spacial score (nSPS) is 13.4. The molecule has 4 nitrogen and oxygen atoms in total. The van der Waals surface area contributed by atoms with Crippen LogP contribution >= 0.6 is 0 Å². The third kappa shape index (κ3) is 5.26. The summed E-state index contributed by atoms with van der Waals surface area (Å²) in [6, 6.07) is 4.12. The Morgan fingerprint density at radius 1 is 1.11 bits per heavy atom. The highest BCUT2D eigenvalue weighted by Gasteiger charge is 2.43. The molecule has 2 rings (SSSR count). The number of benzene rings is 2. The predicted molar refractivity (Wildman–Crippen MR) is 101 cm³/mol. The van der Waals surface area contributed by atoms with E-state index in [4.69, 9.17) is 4.74 Å². The number of hydrogen-bond donors (Lipinski definition) is 1. The minimum absolute atomic E-state index is 0.0869. The number of nitrogens with one attached hydrogen (secondary N) is 1. The smallest absolute Gasteiger partial charge is 0.408 e. The van der Waals surface area contributed by atoms with Crippen LogP contribution in [0.25, 0.3) is 0 Å². The van der Waals surface area contributed by atoms with Crippen LogP contribution in [-0.4, -0.2) is 35.1 Å². The van der Waals surface area contributed by atoms with E-state index in [9.17, 15) is 26.0 Å². The quantitative estimate of drug-likeness (QED) is 0.580. The molecule has 1 atom stereocenters. The van der Waals surface area contributed by atoms with E-state index in [1.54, 1.807) is 31.6 Å². The van der Waals surface area contributed by atoms with Gasteiger partial charge in [0.25, 0.3) is 0 Å². The number of alkyl halides is 3. The molecule has 0 radical (unpaired) electrons. The van der Waals surface area contributed by atoms with Gasteiger partial charge in [-0.2, -0.15) is 17.9 Å². The molecule has 0 aromatic heterocycles.